The van der Waals surface area contributed by atoms with Gasteiger partial charge in [-0.2, -0.15) is 0 Å². The summed E-state index contributed by atoms with van der Waals surface area (Å²) in [6.07, 6.45) is 0. The van der Waals surface area contributed by atoms with Crippen LogP contribution in [0.5, 0.6) is 0 Å². The Hall–Kier alpha value is -3.94. The van der Waals surface area contributed by atoms with Crippen LogP contribution in [0.4, 0.5) is 0 Å². The van der Waals surface area contributed by atoms with Crippen LogP contribution in [0.15, 0.2) is 127 Å². The van der Waals surface area contributed by atoms with Crippen LogP contribution in [0.2, 0.25) is 0 Å². The Morgan fingerprint density at radius 2 is 1.00 bits per heavy atom. The maximum atomic E-state index is 2.51. The molecule has 0 aliphatic carbocycles. The van der Waals surface area contributed by atoms with E-state index in [1.165, 1.54) is 59.0 Å². The molecule has 0 fully saturated rings. The average molecular weight is 449 g/mol. The standard InChI is InChI=1S/C33H24Si/c1-23-20-32-33(30-22-25-13-9-8-12-24(25)21-29(23)30)28-18-10-11-19-31(28)34(32,26-14-4-2-5-15-26)27-16-6-3-7-17-27/h2-22H,1H3. The molecule has 1 aliphatic rings. The Morgan fingerprint density at radius 1 is 0.471 bits per heavy atom. The third-order valence-corrected chi connectivity index (χ3v) is 12.5. The molecular formula is C33H24Si. The van der Waals surface area contributed by atoms with Gasteiger partial charge in [0.2, 0.25) is 0 Å². The topological polar surface area (TPSA) is 0 Å². The molecular weight excluding hydrogens is 424 g/mol. The van der Waals surface area contributed by atoms with E-state index in [2.05, 4.69) is 134 Å². The van der Waals surface area contributed by atoms with Crippen molar-refractivity contribution in [2.24, 2.45) is 0 Å². The molecule has 160 valence electrons. The van der Waals surface area contributed by atoms with Crippen LogP contribution in [0.3, 0.4) is 0 Å². The summed E-state index contributed by atoms with van der Waals surface area (Å²) < 4.78 is 0. The minimum absolute atomic E-state index is 1.30. The molecule has 0 atom stereocenters. The summed E-state index contributed by atoms with van der Waals surface area (Å²) >= 11 is 0. The van der Waals surface area contributed by atoms with E-state index in [0.717, 1.165) is 0 Å². The van der Waals surface area contributed by atoms with Crippen molar-refractivity contribution in [3.05, 3.63) is 133 Å². The van der Waals surface area contributed by atoms with E-state index in [1.54, 1.807) is 0 Å². The van der Waals surface area contributed by atoms with Gasteiger partial charge in [0.15, 0.2) is 8.07 Å². The van der Waals surface area contributed by atoms with E-state index < -0.39 is 8.07 Å². The molecule has 7 rings (SSSR count). The normalized spacial score (nSPS) is 13.7. The predicted octanol–water partition coefficient (Wildman–Crippen LogP) is 5.66. The molecule has 1 heterocycles. The van der Waals surface area contributed by atoms with Gasteiger partial charge in [-0.3, -0.25) is 0 Å². The maximum Gasteiger partial charge on any atom is 0.180 e. The van der Waals surface area contributed by atoms with E-state index in [-0.39, 0.29) is 0 Å². The minimum atomic E-state index is -2.44. The van der Waals surface area contributed by atoms with Crippen molar-refractivity contribution in [3.8, 4) is 11.1 Å². The van der Waals surface area contributed by atoms with Crippen molar-refractivity contribution >= 4 is 50.4 Å². The van der Waals surface area contributed by atoms with Gasteiger partial charge in [-0.25, -0.2) is 0 Å². The van der Waals surface area contributed by atoms with E-state index in [0.29, 0.717) is 0 Å². The Balaban J connectivity index is 1.72. The van der Waals surface area contributed by atoms with Crippen LogP contribution in [0, 0.1) is 6.92 Å². The molecule has 0 bridgehead atoms. The Labute approximate surface area is 201 Å². The van der Waals surface area contributed by atoms with Gasteiger partial charge in [-0.1, -0.05) is 115 Å². The molecule has 0 N–H and O–H groups in total. The van der Waals surface area contributed by atoms with Crippen molar-refractivity contribution < 1.29 is 0 Å². The molecule has 1 heteroatoms. The molecule has 0 unspecified atom stereocenters. The zero-order chi connectivity index (χ0) is 22.7. The summed E-state index contributed by atoms with van der Waals surface area (Å²) in [4.78, 5) is 0. The van der Waals surface area contributed by atoms with E-state index in [9.17, 15) is 0 Å². The first kappa shape index (κ1) is 19.5. The van der Waals surface area contributed by atoms with E-state index in [4.69, 9.17) is 0 Å². The minimum Gasteiger partial charge on any atom is -0.0623 e. The second-order valence-electron chi connectivity index (χ2n) is 9.39. The Morgan fingerprint density at radius 3 is 1.65 bits per heavy atom. The van der Waals surface area contributed by atoms with Crippen molar-refractivity contribution in [3.63, 3.8) is 0 Å². The molecule has 0 saturated carbocycles. The zero-order valence-electron chi connectivity index (χ0n) is 19.1. The van der Waals surface area contributed by atoms with Crippen LogP contribution in [0.25, 0.3) is 32.7 Å². The van der Waals surface area contributed by atoms with Gasteiger partial charge >= 0.3 is 0 Å². The molecule has 6 aromatic carbocycles. The Kier molecular flexibility index (Phi) is 4.18. The first-order chi connectivity index (χ1) is 16.8. The van der Waals surface area contributed by atoms with Crippen molar-refractivity contribution in [2.75, 3.05) is 0 Å². The molecule has 0 spiro atoms. The zero-order valence-corrected chi connectivity index (χ0v) is 20.1. The second kappa shape index (κ2) is 7.28. The number of hydrogen-bond donors (Lipinski definition) is 0. The van der Waals surface area contributed by atoms with Crippen LogP contribution >= 0.6 is 0 Å². The van der Waals surface area contributed by atoms with Crippen LogP contribution in [0.1, 0.15) is 5.56 Å². The first-order valence-electron chi connectivity index (χ1n) is 12.0. The number of hydrogen-bond acceptors (Lipinski definition) is 0. The van der Waals surface area contributed by atoms with Crippen molar-refractivity contribution in [1.29, 1.82) is 0 Å². The van der Waals surface area contributed by atoms with Gasteiger partial charge in [0.05, 0.1) is 0 Å². The summed E-state index contributed by atoms with van der Waals surface area (Å²) in [7, 11) is -2.44. The fourth-order valence-electron chi connectivity index (χ4n) is 6.21. The van der Waals surface area contributed by atoms with Crippen LogP contribution in [-0.2, 0) is 0 Å². The molecule has 1 aliphatic heterocycles. The first-order valence-corrected chi connectivity index (χ1v) is 14.0. The monoisotopic (exact) mass is 448 g/mol. The molecule has 6 aromatic rings. The van der Waals surface area contributed by atoms with Crippen LogP contribution < -0.4 is 20.7 Å². The van der Waals surface area contributed by atoms with Gasteiger partial charge in [-0.05, 0) is 78.0 Å². The summed E-state index contributed by atoms with van der Waals surface area (Å²) in [5.41, 5.74) is 4.19. The molecule has 0 amide bonds. The van der Waals surface area contributed by atoms with Gasteiger partial charge in [-0.15, -0.1) is 0 Å². The summed E-state index contributed by atoms with van der Waals surface area (Å²) in [6, 6.07) is 47.7. The smallest absolute Gasteiger partial charge is 0.0623 e. The summed E-state index contributed by atoms with van der Waals surface area (Å²) in [5, 5.41) is 11.3. The lowest BCUT2D eigenvalue weighted by molar-refractivity contribution is 1.55. The molecule has 0 nitrogen and oxygen atoms in total. The van der Waals surface area contributed by atoms with Gasteiger partial charge < -0.3 is 0 Å². The van der Waals surface area contributed by atoms with Crippen LogP contribution in [-0.4, -0.2) is 8.07 Å². The molecule has 34 heavy (non-hydrogen) atoms. The lowest BCUT2D eigenvalue weighted by Crippen LogP contribution is -2.72. The predicted molar refractivity (Wildman–Crippen MR) is 149 cm³/mol. The number of rotatable bonds is 2. The molecule has 0 radical (unpaired) electrons. The SMILES string of the molecule is Cc1cc2c(c3cc4ccccc4cc13)-c1ccccc1[Si]2(c1ccccc1)c1ccccc1. The largest absolute Gasteiger partial charge is 0.180 e. The number of benzene rings is 6. The molecule has 0 saturated heterocycles. The quantitative estimate of drug-likeness (QED) is 0.236. The third-order valence-electron chi connectivity index (χ3n) is 7.63. The maximum absolute atomic E-state index is 2.51. The van der Waals surface area contributed by atoms with E-state index in [1.807, 2.05) is 0 Å². The highest BCUT2D eigenvalue weighted by Gasteiger charge is 2.49. The van der Waals surface area contributed by atoms with Crippen molar-refractivity contribution in [1.82, 2.24) is 0 Å². The van der Waals surface area contributed by atoms with E-state index >= 15 is 0 Å². The number of aryl methyl sites for hydroxylation is 1. The lowest BCUT2D eigenvalue weighted by Gasteiger charge is -2.31. The third kappa shape index (κ3) is 2.53. The summed E-state index contributed by atoms with van der Waals surface area (Å²) in [5.74, 6) is 0. The highest BCUT2D eigenvalue weighted by Crippen LogP contribution is 2.37. The fraction of sp³-hybridized carbons (Fsp3) is 0.0303. The van der Waals surface area contributed by atoms with Gasteiger partial charge in [0.25, 0.3) is 0 Å². The highest BCUT2D eigenvalue weighted by atomic mass is 28.3. The average Bonchev–Trinajstić information content (AvgIpc) is 3.20. The second-order valence-corrected chi connectivity index (χ2v) is 13.1. The van der Waals surface area contributed by atoms with Crippen molar-refractivity contribution in [2.45, 2.75) is 6.92 Å². The fourth-order valence-corrected chi connectivity index (χ4v) is 11.5. The van der Waals surface area contributed by atoms with Gasteiger partial charge in [0.1, 0.15) is 0 Å². The molecule has 0 aromatic heterocycles. The van der Waals surface area contributed by atoms with Gasteiger partial charge in [0, 0.05) is 0 Å². The highest BCUT2D eigenvalue weighted by molar-refractivity contribution is 7.22. The Bertz CT molecular complexity index is 1660. The number of fused-ring (bicyclic) bond motifs is 6. The summed E-state index contributed by atoms with van der Waals surface area (Å²) in [6.45, 7) is 2.29. The lowest BCUT2D eigenvalue weighted by atomic mass is 9.93.